The fourth-order valence-corrected chi connectivity index (χ4v) is 3.97. The molecule has 1 aromatic rings. The summed E-state index contributed by atoms with van der Waals surface area (Å²) in [5, 5.41) is 3.10. The molecule has 1 atom stereocenters. The van der Waals surface area contributed by atoms with E-state index < -0.39 is 0 Å². The van der Waals surface area contributed by atoms with Crippen LogP contribution in [0.3, 0.4) is 0 Å². The Kier molecular flexibility index (Phi) is 5.20. The Morgan fingerprint density at radius 1 is 1.32 bits per heavy atom. The molecule has 6 heteroatoms. The fourth-order valence-electron chi connectivity index (χ4n) is 2.87. The van der Waals surface area contributed by atoms with Gasteiger partial charge in [-0.2, -0.15) is 11.8 Å². The Labute approximate surface area is 134 Å². The summed E-state index contributed by atoms with van der Waals surface area (Å²) in [6.07, 6.45) is 1.66. The van der Waals surface area contributed by atoms with Crippen LogP contribution >= 0.6 is 11.8 Å². The van der Waals surface area contributed by atoms with Crippen molar-refractivity contribution in [3.63, 3.8) is 0 Å². The highest BCUT2D eigenvalue weighted by Crippen LogP contribution is 2.25. The van der Waals surface area contributed by atoms with Crippen LogP contribution in [-0.2, 0) is 4.74 Å². The minimum atomic E-state index is -0.386. The van der Waals surface area contributed by atoms with Gasteiger partial charge in [0.15, 0.2) is 0 Å². The van der Waals surface area contributed by atoms with Crippen molar-refractivity contribution in [3.05, 3.63) is 35.6 Å². The number of hydrogen-bond donors (Lipinski definition) is 1. The average molecular weight is 324 g/mol. The largest absolute Gasteiger partial charge is 0.370 e. The van der Waals surface area contributed by atoms with Gasteiger partial charge in [0.1, 0.15) is 11.9 Å². The minimum Gasteiger partial charge on any atom is -0.370 e. The third-order valence-corrected chi connectivity index (χ3v) is 5.20. The molecular formula is C16H21FN2O2S. The molecule has 2 heterocycles. The number of nitrogens with zero attached hydrogens (tertiary/aromatic N) is 1. The molecule has 0 aliphatic carbocycles. The van der Waals surface area contributed by atoms with E-state index in [-0.39, 0.29) is 24.0 Å². The fraction of sp³-hybridized carbons (Fsp3) is 0.562. The number of amides is 2. The van der Waals surface area contributed by atoms with E-state index in [0.29, 0.717) is 25.3 Å². The van der Waals surface area contributed by atoms with Gasteiger partial charge in [-0.1, -0.05) is 18.2 Å². The van der Waals surface area contributed by atoms with Gasteiger partial charge in [0.2, 0.25) is 0 Å². The second-order valence-electron chi connectivity index (χ2n) is 5.66. The van der Waals surface area contributed by atoms with Gasteiger partial charge in [0.05, 0.1) is 13.2 Å². The highest BCUT2D eigenvalue weighted by molar-refractivity contribution is 7.99. The maximum Gasteiger partial charge on any atom is 0.317 e. The molecule has 2 saturated heterocycles. The third-order valence-electron chi connectivity index (χ3n) is 4.15. The van der Waals surface area contributed by atoms with Crippen molar-refractivity contribution in [2.75, 3.05) is 31.2 Å². The molecule has 4 nitrogen and oxygen atoms in total. The Hall–Kier alpha value is -1.27. The number of carbonyl (C=O) groups excluding carboxylic acids is 1. The zero-order valence-electron chi connectivity index (χ0n) is 12.5. The first-order valence-electron chi connectivity index (χ1n) is 7.73. The second kappa shape index (κ2) is 7.33. The quantitative estimate of drug-likeness (QED) is 0.909. The van der Waals surface area contributed by atoms with Crippen molar-refractivity contribution in [2.45, 2.75) is 25.0 Å². The number of benzene rings is 1. The van der Waals surface area contributed by atoms with Crippen molar-refractivity contribution >= 4 is 17.8 Å². The maximum absolute atomic E-state index is 13.9. The molecule has 2 amide bonds. The van der Waals surface area contributed by atoms with Crippen molar-refractivity contribution in [1.82, 2.24) is 10.2 Å². The molecule has 0 unspecified atom stereocenters. The van der Waals surface area contributed by atoms with E-state index in [1.165, 1.54) is 6.07 Å². The summed E-state index contributed by atoms with van der Waals surface area (Å²) in [6.45, 7) is 1.39. The topological polar surface area (TPSA) is 41.6 Å². The Morgan fingerprint density at radius 3 is 2.86 bits per heavy atom. The van der Waals surface area contributed by atoms with Crippen LogP contribution in [0.15, 0.2) is 24.3 Å². The lowest BCUT2D eigenvalue weighted by atomic mass is 10.1. The van der Waals surface area contributed by atoms with Gasteiger partial charge in [-0.05, 0) is 30.4 Å². The normalized spacial score (nSPS) is 23.3. The van der Waals surface area contributed by atoms with Crippen molar-refractivity contribution < 1.29 is 13.9 Å². The molecule has 1 aromatic carbocycles. The van der Waals surface area contributed by atoms with Gasteiger partial charge in [0, 0.05) is 18.2 Å². The van der Waals surface area contributed by atoms with E-state index in [2.05, 4.69) is 5.32 Å². The van der Waals surface area contributed by atoms with Crippen molar-refractivity contribution in [1.29, 1.82) is 0 Å². The number of nitrogens with one attached hydrogen (secondary N) is 1. The standard InChI is InChI=1S/C16H21FN2O2S/c17-14-4-2-1-3-13(14)15-11-19(7-8-21-15)16(20)18-12-5-9-22-10-6-12/h1-4,12,15H,5-11H2,(H,18,20)/t15-/m0/s1. The highest BCUT2D eigenvalue weighted by atomic mass is 32.2. The van der Waals surface area contributed by atoms with E-state index >= 15 is 0 Å². The van der Waals surface area contributed by atoms with E-state index in [4.69, 9.17) is 4.74 Å². The summed E-state index contributed by atoms with van der Waals surface area (Å²) in [6, 6.07) is 6.82. The summed E-state index contributed by atoms with van der Waals surface area (Å²) < 4.78 is 19.5. The maximum atomic E-state index is 13.9. The van der Waals surface area contributed by atoms with Crippen LogP contribution in [0.5, 0.6) is 0 Å². The first kappa shape index (κ1) is 15.6. The number of halogens is 1. The first-order valence-corrected chi connectivity index (χ1v) is 8.89. The number of urea groups is 1. The third kappa shape index (κ3) is 3.73. The molecule has 0 radical (unpaired) electrons. The lowest BCUT2D eigenvalue weighted by Crippen LogP contribution is -2.50. The van der Waals surface area contributed by atoms with Crippen LogP contribution in [0, 0.1) is 5.82 Å². The predicted molar refractivity (Wildman–Crippen MR) is 85.5 cm³/mol. The zero-order valence-corrected chi connectivity index (χ0v) is 13.3. The van der Waals surface area contributed by atoms with E-state index in [1.54, 1.807) is 23.1 Å². The van der Waals surface area contributed by atoms with E-state index in [9.17, 15) is 9.18 Å². The molecule has 0 saturated carbocycles. The Balaban J connectivity index is 1.60. The van der Waals surface area contributed by atoms with Gasteiger partial charge in [-0.15, -0.1) is 0 Å². The molecular weight excluding hydrogens is 303 g/mol. The monoisotopic (exact) mass is 324 g/mol. The molecule has 1 N–H and O–H groups in total. The van der Waals surface area contributed by atoms with Crippen LogP contribution in [0.1, 0.15) is 24.5 Å². The van der Waals surface area contributed by atoms with Gasteiger partial charge in [-0.3, -0.25) is 0 Å². The molecule has 2 fully saturated rings. The minimum absolute atomic E-state index is 0.0541. The van der Waals surface area contributed by atoms with Crippen molar-refractivity contribution in [2.24, 2.45) is 0 Å². The average Bonchev–Trinajstić information content (AvgIpc) is 2.56. The second-order valence-corrected chi connectivity index (χ2v) is 6.89. The molecule has 0 spiro atoms. The summed E-state index contributed by atoms with van der Waals surface area (Å²) in [5.74, 6) is 1.93. The molecule has 120 valence electrons. The van der Waals surface area contributed by atoms with Crippen LogP contribution < -0.4 is 5.32 Å². The van der Waals surface area contributed by atoms with E-state index in [0.717, 1.165) is 24.3 Å². The molecule has 2 aliphatic rings. The van der Waals surface area contributed by atoms with Gasteiger partial charge in [0.25, 0.3) is 0 Å². The number of hydrogen-bond acceptors (Lipinski definition) is 3. The molecule has 3 rings (SSSR count). The lowest BCUT2D eigenvalue weighted by Gasteiger charge is -2.34. The molecule has 0 aromatic heterocycles. The Morgan fingerprint density at radius 2 is 2.09 bits per heavy atom. The predicted octanol–water partition coefficient (Wildman–Crippen LogP) is 2.80. The van der Waals surface area contributed by atoms with Gasteiger partial charge < -0.3 is 15.0 Å². The number of thioether (sulfide) groups is 1. The number of rotatable bonds is 2. The van der Waals surface area contributed by atoms with Crippen LogP contribution in [0.4, 0.5) is 9.18 Å². The molecule has 0 bridgehead atoms. The summed E-state index contributed by atoms with van der Waals surface area (Å²) in [5.41, 5.74) is 0.522. The van der Waals surface area contributed by atoms with E-state index in [1.807, 2.05) is 11.8 Å². The van der Waals surface area contributed by atoms with Gasteiger partial charge in [-0.25, -0.2) is 9.18 Å². The first-order chi connectivity index (χ1) is 10.7. The summed E-state index contributed by atoms with van der Waals surface area (Å²) in [4.78, 5) is 14.1. The van der Waals surface area contributed by atoms with Crippen molar-refractivity contribution in [3.8, 4) is 0 Å². The smallest absolute Gasteiger partial charge is 0.317 e. The number of ether oxygens (including phenoxy) is 1. The van der Waals surface area contributed by atoms with Crippen LogP contribution in [0.25, 0.3) is 0 Å². The Bertz CT molecular complexity index is 523. The lowest BCUT2D eigenvalue weighted by molar-refractivity contribution is -0.0175. The summed E-state index contributed by atoms with van der Waals surface area (Å²) >= 11 is 1.93. The zero-order chi connectivity index (χ0) is 15.4. The number of carbonyl (C=O) groups is 1. The van der Waals surface area contributed by atoms with Crippen LogP contribution in [-0.4, -0.2) is 48.2 Å². The number of morpholine rings is 1. The van der Waals surface area contributed by atoms with Crippen LogP contribution in [0.2, 0.25) is 0 Å². The molecule has 2 aliphatic heterocycles. The van der Waals surface area contributed by atoms with Gasteiger partial charge >= 0.3 is 6.03 Å². The highest BCUT2D eigenvalue weighted by Gasteiger charge is 2.28. The SMILES string of the molecule is O=C(NC1CCSCC1)N1CCO[C@H](c2ccccc2F)C1. The summed E-state index contributed by atoms with van der Waals surface area (Å²) in [7, 11) is 0. The molecule has 22 heavy (non-hydrogen) atoms.